The molecule has 0 aliphatic heterocycles. The van der Waals surface area contributed by atoms with Gasteiger partial charge in [-0.05, 0) is 55.7 Å². The van der Waals surface area contributed by atoms with Gasteiger partial charge in [-0.1, -0.05) is 6.07 Å². The van der Waals surface area contributed by atoms with Gasteiger partial charge in [-0.15, -0.1) is 0 Å². The molecule has 0 saturated carbocycles. The van der Waals surface area contributed by atoms with Crippen LogP contribution >= 0.6 is 0 Å². The molecule has 0 radical (unpaired) electrons. The van der Waals surface area contributed by atoms with Crippen LogP contribution in [0, 0.1) is 11.3 Å². The lowest BCUT2D eigenvalue weighted by atomic mass is 9.81. The molecular formula is C15H21NO2Si. The topological polar surface area (TPSA) is 42.2 Å². The Hall–Kier alpha value is -1.31. The van der Waals surface area contributed by atoms with E-state index >= 15 is 0 Å². The standard InChI is InChI=1S/C15H21NO2Si/c1-17-14-6-5-12-7-8-15(11-16,10-13(12)9-14)18-19(2,3)4/h5-6,9H,7-8,10H2,1-4H3. The Morgan fingerprint density at radius 1 is 1.26 bits per heavy atom. The van der Waals surface area contributed by atoms with Crippen molar-refractivity contribution in [1.29, 1.82) is 5.26 Å². The number of rotatable bonds is 3. The molecular weight excluding hydrogens is 254 g/mol. The number of benzene rings is 1. The summed E-state index contributed by atoms with van der Waals surface area (Å²) in [6.07, 6.45) is 2.35. The van der Waals surface area contributed by atoms with Gasteiger partial charge in [0.25, 0.3) is 0 Å². The summed E-state index contributed by atoms with van der Waals surface area (Å²) in [5.74, 6) is 0.848. The largest absolute Gasteiger partial charge is 0.497 e. The lowest BCUT2D eigenvalue weighted by molar-refractivity contribution is 0.104. The van der Waals surface area contributed by atoms with E-state index < -0.39 is 13.9 Å². The summed E-state index contributed by atoms with van der Waals surface area (Å²) in [4.78, 5) is 0. The Kier molecular flexibility index (Phi) is 3.70. The summed E-state index contributed by atoms with van der Waals surface area (Å²) in [6.45, 7) is 6.40. The Balaban J connectivity index is 2.31. The van der Waals surface area contributed by atoms with E-state index in [1.54, 1.807) is 7.11 Å². The first-order chi connectivity index (χ1) is 8.87. The van der Waals surface area contributed by atoms with Crippen LogP contribution in [0.2, 0.25) is 19.6 Å². The number of nitrogens with zero attached hydrogens (tertiary/aromatic N) is 1. The molecule has 0 bridgehead atoms. The molecule has 0 heterocycles. The summed E-state index contributed by atoms with van der Waals surface area (Å²) in [7, 11) is -0.0675. The van der Waals surface area contributed by atoms with Gasteiger partial charge < -0.3 is 9.16 Å². The number of aryl methyl sites for hydroxylation is 1. The molecule has 0 saturated heterocycles. The molecule has 1 atom stereocenters. The van der Waals surface area contributed by atoms with Gasteiger partial charge in [-0.25, -0.2) is 0 Å². The third-order valence-corrected chi connectivity index (χ3v) is 4.40. The molecule has 1 aromatic rings. The zero-order valence-corrected chi connectivity index (χ0v) is 13.1. The highest BCUT2D eigenvalue weighted by Gasteiger charge is 2.39. The average Bonchev–Trinajstić information content (AvgIpc) is 2.36. The van der Waals surface area contributed by atoms with Gasteiger partial charge in [-0.3, -0.25) is 0 Å². The van der Waals surface area contributed by atoms with E-state index in [1.165, 1.54) is 11.1 Å². The number of fused-ring (bicyclic) bond motifs is 1. The van der Waals surface area contributed by atoms with Crippen LogP contribution in [0.15, 0.2) is 18.2 Å². The molecule has 4 heteroatoms. The summed E-state index contributed by atoms with van der Waals surface area (Å²) in [6, 6.07) is 8.54. The second-order valence-corrected chi connectivity index (χ2v) is 10.6. The molecule has 2 rings (SSSR count). The third-order valence-electron chi connectivity index (χ3n) is 3.39. The minimum Gasteiger partial charge on any atom is -0.497 e. The Morgan fingerprint density at radius 2 is 2.00 bits per heavy atom. The highest BCUT2D eigenvalue weighted by Crippen LogP contribution is 2.35. The van der Waals surface area contributed by atoms with E-state index in [1.807, 2.05) is 12.1 Å². The molecule has 0 aromatic heterocycles. The summed E-state index contributed by atoms with van der Waals surface area (Å²) in [5, 5.41) is 9.57. The van der Waals surface area contributed by atoms with Crippen molar-refractivity contribution in [3.05, 3.63) is 29.3 Å². The van der Waals surface area contributed by atoms with E-state index in [4.69, 9.17) is 9.16 Å². The molecule has 19 heavy (non-hydrogen) atoms. The van der Waals surface area contributed by atoms with Gasteiger partial charge >= 0.3 is 0 Å². The van der Waals surface area contributed by atoms with Crippen molar-refractivity contribution in [3.8, 4) is 11.8 Å². The molecule has 1 aliphatic rings. The van der Waals surface area contributed by atoms with E-state index in [9.17, 15) is 5.26 Å². The molecule has 0 spiro atoms. The Morgan fingerprint density at radius 3 is 2.58 bits per heavy atom. The van der Waals surface area contributed by atoms with Gasteiger partial charge in [0.2, 0.25) is 0 Å². The first kappa shape index (κ1) is 14.1. The molecule has 0 amide bonds. The Bertz CT molecular complexity index is 516. The van der Waals surface area contributed by atoms with Crippen molar-refractivity contribution < 1.29 is 9.16 Å². The fraction of sp³-hybridized carbons (Fsp3) is 0.533. The van der Waals surface area contributed by atoms with Gasteiger partial charge in [-0.2, -0.15) is 5.26 Å². The van der Waals surface area contributed by atoms with Gasteiger partial charge in [0.05, 0.1) is 13.2 Å². The quantitative estimate of drug-likeness (QED) is 0.795. The summed E-state index contributed by atoms with van der Waals surface area (Å²) < 4.78 is 11.5. The molecule has 3 nitrogen and oxygen atoms in total. The van der Waals surface area contributed by atoms with Crippen molar-refractivity contribution in [1.82, 2.24) is 0 Å². The van der Waals surface area contributed by atoms with Crippen molar-refractivity contribution in [2.45, 2.75) is 44.5 Å². The minimum atomic E-state index is -1.73. The maximum atomic E-state index is 9.57. The first-order valence-electron chi connectivity index (χ1n) is 6.65. The fourth-order valence-electron chi connectivity index (χ4n) is 2.66. The van der Waals surface area contributed by atoms with E-state index in [0.29, 0.717) is 6.42 Å². The van der Waals surface area contributed by atoms with Gasteiger partial charge in [0, 0.05) is 6.42 Å². The third kappa shape index (κ3) is 3.17. The molecule has 1 aliphatic carbocycles. The highest BCUT2D eigenvalue weighted by molar-refractivity contribution is 6.69. The Labute approximate surface area is 116 Å². The van der Waals surface area contributed by atoms with Crippen LogP contribution in [0.4, 0.5) is 0 Å². The van der Waals surface area contributed by atoms with E-state index in [2.05, 4.69) is 31.8 Å². The second kappa shape index (κ2) is 4.99. The molecule has 102 valence electrons. The number of nitriles is 1. The molecule has 0 fully saturated rings. The fourth-order valence-corrected chi connectivity index (χ4v) is 4.05. The average molecular weight is 275 g/mol. The molecule has 1 unspecified atom stereocenters. The summed E-state index contributed by atoms with van der Waals surface area (Å²) in [5.41, 5.74) is 1.85. The summed E-state index contributed by atoms with van der Waals surface area (Å²) >= 11 is 0. The second-order valence-electron chi connectivity index (χ2n) is 6.13. The SMILES string of the molecule is COc1ccc2c(c1)CC(C#N)(O[Si](C)(C)C)CC2. The van der Waals surface area contributed by atoms with Crippen molar-refractivity contribution in [2.75, 3.05) is 7.11 Å². The maximum Gasteiger partial charge on any atom is 0.185 e. The lowest BCUT2D eigenvalue weighted by Crippen LogP contribution is -2.45. The normalized spacial score (nSPS) is 22.5. The first-order valence-corrected chi connectivity index (χ1v) is 10.1. The van der Waals surface area contributed by atoms with Gasteiger partial charge in [0.1, 0.15) is 11.4 Å². The molecule has 1 aromatic carbocycles. The number of methoxy groups -OCH3 is 1. The zero-order valence-electron chi connectivity index (χ0n) is 12.1. The maximum absolute atomic E-state index is 9.57. The van der Waals surface area contributed by atoms with Crippen molar-refractivity contribution >= 4 is 8.32 Å². The number of hydrogen-bond donors (Lipinski definition) is 0. The number of hydrogen-bond acceptors (Lipinski definition) is 3. The minimum absolute atomic E-state index is 0.649. The van der Waals surface area contributed by atoms with Gasteiger partial charge in [0.15, 0.2) is 8.32 Å². The molecule has 0 N–H and O–H groups in total. The van der Waals surface area contributed by atoms with Crippen molar-refractivity contribution in [3.63, 3.8) is 0 Å². The predicted octanol–water partition coefficient (Wildman–Crippen LogP) is 3.30. The van der Waals surface area contributed by atoms with Crippen molar-refractivity contribution in [2.24, 2.45) is 0 Å². The van der Waals surface area contributed by atoms with Crippen LogP contribution in [-0.2, 0) is 17.3 Å². The highest BCUT2D eigenvalue weighted by atomic mass is 28.4. The lowest BCUT2D eigenvalue weighted by Gasteiger charge is -2.37. The van der Waals surface area contributed by atoms with Crippen LogP contribution in [0.5, 0.6) is 5.75 Å². The van der Waals surface area contributed by atoms with Crippen LogP contribution in [0.3, 0.4) is 0 Å². The predicted molar refractivity (Wildman–Crippen MR) is 77.8 cm³/mol. The number of ether oxygens (including phenoxy) is 1. The smallest absolute Gasteiger partial charge is 0.185 e. The monoisotopic (exact) mass is 275 g/mol. The van der Waals surface area contributed by atoms with Crippen LogP contribution in [0.25, 0.3) is 0 Å². The van der Waals surface area contributed by atoms with E-state index in [-0.39, 0.29) is 0 Å². The van der Waals surface area contributed by atoms with E-state index in [0.717, 1.165) is 18.6 Å². The zero-order chi connectivity index (χ0) is 14.1. The van der Waals surface area contributed by atoms with Crippen LogP contribution in [-0.4, -0.2) is 21.0 Å². The van der Waals surface area contributed by atoms with Crippen LogP contribution in [0.1, 0.15) is 17.5 Å². The van der Waals surface area contributed by atoms with Crippen LogP contribution < -0.4 is 4.74 Å².